The number of amides is 1. The molecule has 0 saturated carbocycles. The fourth-order valence-corrected chi connectivity index (χ4v) is 2.66. The third-order valence-electron chi connectivity index (χ3n) is 4.11. The van der Waals surface area contributed by atoms with Gasteiger partial charge in [0.05, 0.1) is 0 Å². The predicted octanol–water partition coefficient (Wildman–Crippen LogP) is 4.44. The average Bonchev–Trinajstić information content (AvgIpc) is 3.16. The summed E-state index contributed by atoms with van der Waals surface area (Å²) in [5, 5.41) is 6.79. The standard InChI is InChI=1S/C21H23N3O3/c1-4-19-23-21(27-24-19)15-9-11-16(12-10-15)26-13-20(25)22-18-8-6-5-7-17(18)14(2)3/h5-12,14H,4,13H2,1-3H3,(H,22,25). The van der Waals surface area contributed by atoms with E-state index in [1.807, 2.05) is 43.3 Å². The smallest absolute Gasteiger partial charge is 0.262 e. The van der Waals surface area contributed by atoms with Gasteiger partial charge in [0.25, 0.3) is 11.8 Å². The van der Waals surface area contributed by atoms with Crippen molar-refractivity contribution in [2.45, 2.75) is 33.1 Å². The van der Waals surface area contributed by atoms with E-state index in [9.17, 15) is 4.79 Å². The molecule has 3 rings (SSSR count). The molecule has 6 heteroatoms. The second-order valence-corrected chi connectivity index (χ2v) is 6.47. The molecule has 1 heterocycles. The van der Waals surface area contributed by atoms with Gasteiger partial charge >= 0.3 is 0 Å². The van der Waals surface area contributed by atoms with Crippen molar-refractivity contribution in [2.75, 3.05) is 11.9 Å². The Balaban J connectivity index is 1.58. The van der Waals surface area contributed by atoms with E-state index < -0.39 is 0 Å². The molecule has 0 bridgehead atoms. The zero-order chi connectivity index (χ0) is 19.2. The summed E-state index contributed by atoms with van der Waals surface area (Å²) in [5.74, 6) is 1.87. The van der Waals surface area contributed by atoms with Crippen molar-refractivity contribution < 1.29 is 14.1 Å². The van der Waals surface area contributed by atoms with Gasteiger partial charge < -0.3 is 14.6 Å². The van der Waals surface area contributed by atoms with Crippen LogP contribution in [0.4, 0.5) is 5.69 Å². The first-order valence-corrected chi connectivity index (χ1v) is 9.01. The van der Waals surface area contributed by atoms with Crippen molar-refractivity contribution in [3.63, 3.8) is 0 Å². The Bertz CT molecular complexity index is 901. The fourth-order valence-electron chi connectivity index (χ4n) is 2.66. The SMILES string of the molecule is CCc1noc(-c2ccc(OCC(=O)Nc3ccccc3C(C)C)cc2)n1. The van der Waals surface area contributed by atoms with Crippen LogP contribution in [0.5, 0.6) is 5.75 Å². The molecule has 1 N–H and O–H groups in total. The third kappa shape index (κ3) is 4.73. The number of anilines is 1. The number of carbonyl (C=O) groups excluding carboxylic acids is 1. The van der Waals surface area contributed by atoms with Gasteiger partial charge in [0, 0.05) is 17.7 Å². The van der Waals surface area contributed by atoms with Crippen molar-refractivity contribution in [1.82, 2.24) is 10.1 Å². The van der Waals surface area contributed by atoms with Crippen LogP contribution in [0.1, 0.15) is 38.1 Å². The summed E-state index contributed by atoms with van der Waals surface area (Å²) in [6, 6.07) is 15.0. The zero-order valence-corrected chi connectivity index (χ0v) is 15.7. The maximum Gasteiger partial charge on any atom is 0.262 e. The maximum atomic E-state index is 12.2. The Hall–Kier alpha value is -3.15. The Labute approximate surface area is 158 Å². The van der Waals surface area contributed by atoms with Crippen LogP contribution in [-0.4, -0.2) is 22.7 Å². The van der Waals surface area contributed by atoms with Crippen LogP contribution in [0.2, 0.25) is 0 Å². The number of hydrogen-bond acceptors (Lipinski definition) is 5. The number of nitrogens with one attached hydrogen (secondary N) is 1. The normalized spacial score (nSPS) is 10.8. The molecule has 0 aliphatic rings. The molecule has 3 aromatic rings. The quantitative estimate of drug-likeness (QED) is 0.670. The molecule has 27 heavy (non-hydrogen) atoms. The molecule has 6 nitrogen and oxygen atoms in total. The molecule has 140 valence electrons. The lowest BCUT2D eigenvalue weighted by Crippen LogP contribution is -2.21. The minimum atomic E-state index is -0.198. The Morgan fingerprint density at radius 3 is 2.56 bits per heavy atom. The van der Waals surface area contributed by atoms with Crippen LogP contribution in [0.3, 0.4) is 0 Å². The summed E-state index contributed by atoms with van der Waals surface area (Å²) in [6.45, 7) is 6.09. The molecule has 2 aromatic carbocycles. The van der Waals surface area contributed by atoms with Gasteiger partial charge in [-0.25, -0.2) is 0 Å². The highest BCUT2D eigenvalue weighted by Gasteiger charge is 2.11. The van der Waals surface area contributed by atoms with Crippen LogP contribution >= 0.6 is 0 Å². The monoisotopic (exact) mass is 365 g/mol. The number of ether oxygens (including phenoxy) is 1. The highest BCUT2D eigenvalue weighted by atomic mass is 16.5. The lowest BCUT2D eigenvalue weighted by Gasteiger charge is -2.14. The van der Waals surface area contributed by atoms with Crippen molar-refractivity contribution >= 4 is 11.6 Å². The number of hydrogen-bond donors (Lipinski definition) is 1. The van der Waals surface area contributed by atoms with Gasteiger partial charge in [0.1, 0.15) is 5.75 Å². The van der Waals surface area contributed by atoms with E-state index in [0.717, 1.165) is 23.2 Å². The van der Waals surface area contributed by atoms with Crippen molar-refractivity contribution in [2.24, 2.45) is 0 Å². The summed E-state index contributed by atoms with van der Waals surface area (Å²) in [6.07, 6.45) is 0.722. The minimum Gasteiger partial charge on any atom is -0.484 e. The van der Waals surface area contributed by atoms with Gasteiger partial charge in [0.2, 0.25) is 0 Å². The van der Waals surface area contributed by atoms with Gasteiger partial charge in [-0.2, -0.15) is 4.98 Å². The minimum absolute atomic E-state index is 0.0632. The number of benzene rings is 2. The Morgan fingerprint density at radius 1 is 1.15 bits per heavy atom. The number of aryl methyl sites for hydroxylation is 1. The molecular formula is C21H23N3O3. The fraction of sp³-hybridized carbons (Fsp3) is 0.286. The summed E-state index contributed by atoms with van der Waals surface area (Å²) >= 11 is 0. The molecule has 0 saturated heterocycles. The summed E-state index contributed by atoms with van der Waals surface area (Å²) < 4.78 is 10.8. The molecule has 0 atom stereocenters. The molecule has 1 amide bonds. The number of carbonyl (C=O) groups is 1. The van der Waals surface area contributed by atoms with Gasteiger partial charge in [-0.3, -0.25) is 4.79 Å². The molecule has 0 spiro atoms. The molecule has 0 aliphatic heterocycles. The topological polar surface area (TPSA) is 77.2 Å². The van der Waals surface area contributed by atoms with Crippen LogP contribution in [0.25, 0.3) is 11.5 Å². The van der Waals surface area contributed by atoms with Crippen molar-refractivity contribution in [1.29, 1.82) is 0 Å². The highest BCUT2D eigenvalue weighted by Crippen LogP contribution is 2.24. The molecule has 0 fully saturated rings. The van der Waals surface area contributed by atoms with Crippen LogP contribution < -0.4 is 10.1 Å². The average molecular weight is 365 g/mol. The van der Waals surface area contributed by atoms with E-state index in [1.54, 1.807) is 12.1 Å². The van der Waals surface area contributed by atoms with Crippen molar-refractivity contribution in [3.05, 3.63) is 59.9 Å². The van der Waals surface area contributed by atoms with Crippen molar-refractivity contribution in [3.8, 4) is 17.2 Å². The molecule has 1 aromatic heterocycles. The molecule has 0 radical (unpaired) electrons. The molecule has 0 unspecified atom stereocenters. The number of rotatable bonds is 7. The maximum absolute atomic E-state index is 12.2. The second kappa shape index (κ2) is 8.49. The van der Waals surface area contributed by atoms with E-state index >= 15 is 0 Å². The first-order valence-electron chi connectivity index (χ1n) is 9.01. The van der Waals surface area contributed by atoms with E-state index in [-0.39, 0.29) is 12.5 Å². The van der Waals surface area contributed by atoms with Gasteiger partial charge in [-0.15, -0.1) is 0 Å². The largest absolute Gasteiger partial charge is 0.484 e. The number of nitrogens with zero attached hydrogens (tertiary/aromatic N) is 2. The van der Waals surface area contributed by atoms with Gasteiger partial charge in [-0.05, 0) is 41.8 Å². The number of para-hydroxylation sites is 1. The third-order valence-corrected chi connectivity index (χ3v) is 4.11. The molecule has 0 aliphatic carbocycles. The number of aromatic nitrogens is 2. The summed E-state index contributed by atoms with van der Waals surface area (Å²) in [4.78, 5) is 16.5. The van der Waals surface area contributed by atoms with Crippen LogP contribution in [0.15, 0.2) is 53.1 Å². The lowest BCUT2D eigenvalue weighted by molar-refractivity contribution is -0.118. The highest BCUT2D eigenvalue weighted by molar-refractivity contribution is 5.92. The zero-order valence-electron chi connectivity index (χ0n) is 15.7. The van der Waals surface area contributed by atoms with E-state index in [4.69, 9.17) is 9.26 Å². The van der Waals surface area contributed by atoms with Gasteiger partial charge in [0.15, 0.2) is 12.4 Å². The van der Waals surface area contributed by atoms with E-state index in [1.165, 1.54) is 0 Å². The first-order chi connectivity index (χ1) is 13.1. The second-order valence-electron chi connectivity index (χ2n) is 6.47. The summed E-state index contributed by atoms with van der Waals surface area (Å²) in [5.41, 5.74) is 2.73. The Kier molecular flexibility index (Phi) is 5.86. The van der Waals surface area contributed by atoms with Crippen LogP contribution in [0, 0.1) is 0 Å². The molecular weight excluding hydrogens is 342 g/mol. The summed E-state index contributed by atoms with van der Waals surface area (Å²) in [7, 11) is 0. The first kappa shape index (κ1) is 18.6. The lowest BCUT2D eigenvalue weighted by atomic mass is 10.0. The van der Waals surface area contributed by atoms with E-state index in [2.05, 4.69) is 29.3 Å². The van der Waals surface area contributed by atoms with Gasteiger partial charge in [-0.1, -0.05) is 44.1 Å². The van der Waals surface area contributed by atoms with E-state index in [0.29, 0.717) is 23.4 Å². The Morgan fingerprint density at radius 2 is 1.89 bits per heavy atom. The van der Waals surface area contributed by atoms with Crippen LogP contribution in [-0.2, 0) is 11.2 Å². The predicted molar refractivity (Wildman–Crippen MR) is 104 cm³/mol.